The van der Waals surface area contributed by atoms with Crippen LogP contribution in [0.15, 0.2) is 48.5 Å². The van der Waals surface area contributed by atoms with Crippen molar-refractivity contribution < 1.29 is 4.79 Å². The summed E-state index contributed by atoms with van der Waals surface area (Å²) in [7, 11) is 0. The first-order valence-electron chi connectivity index (χ1n) is 8.48. The third-order valence-corrected chi connectivity index (χ3v) is 4.43. The summed E-state index contributed by atoms with van der Waals surface area (Å²) in [6, 6.07) is 17.5. The Bertz CT molecular complexity index is 771. The molecule has 0 radical (unpaired) electrons. The van der Waals surface area contributed by atoms with Crippen molar-refractivity contribution in [3.05, 3.63) is 65.2 Å². The average molecular weight is 334 g/mol. The zero-order chi connectivity index (χ0) is 17.6. The summed E-state index contributed by atoms with van der Waals surface area (Å²) in [5.41, 5.74) is 3.77. The molecule has 3 rings (SSSR count). The van der Waals surface area contributed by atoms with Crippen molar-refractivity contribution in [3.63, 3.8) is 0 Å². The van der Waals surface area contributed by atoms with Gasteiger partial charge in [-0.05, 0) is 30.7 Å². The second-order valence-corrected chi connectivity index (χ2v) is 6.37. The molecule has 5 heteroatoms. The number of amides is 2. The summed E-state index contributed by atoms with van der Waals surface area (Å²) in [6.45, 7) is 6.14. The van der Waals surface area contributed by atoms with E-state index in [9.17, 15) is 4.79 Å². The van der Waals surface area contributed by atoms with Crippen LogP contribution in [0.4, 0.5) is 10.5 Å². The molecular weight excluding hydrogens is 312 g/mol. The number of nitrogens with zero attached hydrogens (tertiary/aromatic N) is 3. The second-order valence-electron chi connectivity index (χ2n) is 6.37. The van der Waals surface area contributed by atoms with Gasteiger partial charge in [0.1, 0.15) is 0 Å². The second kappa shape index (κ2) is 7.82. The SMILES string of the molecule is Cc1ccc(CN2CCN(C(=O)Nc3cccc(C#N)c3)CC2)cc1. The van der Waals surface area contributed by atoms with Gasteiger partial charge in [0.15, 0.2) is 0 Å². The lowest BCUT2D eigenvalue weighted by Gasteiger charge is -2.34. The lowest BCUT2D eigenvalue weighted by molar-refractivity contribution is 0.143. The fraction of sp³-hybridized carbons (Fsp3) is 0.300. The van der Waals surface area contributed by atoms with Crippen molar-refractivity contribution in [3.8, 4) is 6.07 Å². The predicted molar refractivity (Wildman–Crippen MR) is 98.2 cm³/mol. The number of nitrogens with one attached hydrogen (secondary N) is 1. The Hall–Kier alpha value is -2.84. The normalized spacial score (nSPS) is 14.8. The maximum absolute atomic E-state index is 12.4. The van der Waals surface area contributed by atoms with Gasteiger partial charge >= 0.3 is 6.03 Å². The molecular formula is C20H22N4O. The molecule has 2 aromatic carbocycles. The molecule has 0 saturated carbocycles. The number of carbonyl (C=O) groups is 1. The zero-order valence-corrected chi connectivity index (χ0v) is 14.4. The lowest BCUT2D eigenvalue weighted by Crippen LogP contribution is -2.49. The van der Waals surface area contributed by atoms with E-state index in [-0.39, 0.29) is 6.03 Å². The molecule has 1 aliphatic rings. The highest BCUT2D eigenvalue weighted by Crippen LogP contribution is 2.13. The van der Waals surface area contributed by atoms with E-state index in [0.29, 0.717) is 24.3 Å². The Morgan fingerprint density at radius 3 is 2.52 bits per heavy atom. The number of urea groups is 1. The highest BCUT2D eigenvalue weighted by Gasteiger charge is 2.21. The molecule has 2 amide bonds. The number of anilines is 1. The summed E-state index contributed by atoms with van der Waals surface area (Å²) in [5.74, 6) is 0. The van der Waals surface area contributed by atoms with E-state index in [1.165, 1.54) is 11.1 Å². The third-order valence-electron chi connectivity index (χ3n) is 4.43. The summed E-state index contributed by atoms with van der Waals surface area (Å²) in [5, 5.41) is 11.8. The molecule has 1 saturated heterocycles. The van der Waals surface area contributed by atoms with Crippen LogP contribution in [0.5, 0.6) is 0 Å². The fourth-order valence-corrected chi connectivity index (χ4v) is 2.93. The quantitative estimate of drug-likeness (QED) is 0.937. The first-order chi connectivity index (χ1) is 12.1. The van der Waals surface area contributed by atoms with E-state index in [4.69, 9.17) is 5.26 Å². The zero-order valence-electron chi connectivity index (χ0n) is 14.4. The van der Waals surface area contributed by atoms with Crippen molar-refractivity contribution in [1.29, 1.82) is 5.26 Å². The Kier molecular flexibility index (Phi) is 5.32. The molecule has 1 N–H and O–H groups in total. The van der Waals surface area contributed by atoms with E-state index in [1.54, 1.807) is 24.3 Å². The van der Waals surface area contributed by atoms with Crippen LogP contribution < -0.4 is 5.32 Å². The molecule has 1 fully saturated rings. The summed E-state index contributed by atoms with van der Waals surface area (Å²) < 4.78 is 0. The van der Waals surface area contributed by atoms with Gasteiger partial charge in [0, 0.05) is 38.4 Å². The number of aryl methyl sites for hydroxylation is 1. The molecule has 0 bridgehead atoms. The molecule has 1 aliphatic heterocycles. The van der Waals surface area contributed by atoms with Crippen molar-refractivity contribution in [2.75, 3.05) is 31.5 Å². The van der Waals surface area contributed by atoms with E-state index in [1.807, 2.05) is 4.90 Å². The van der Waals surface area contributed by atoms with Crippen molar-refractivity contribution in [2.24, 2.45) is 0 Å². The van der Waals surface area contributed by atoms with Gasteiger partial charge in [-0.25, -0.2) is 4.79 Å². The molecule has 0 atom stereocenters. The standard InChI is InChI=1S/C20H22N4O/c1-16-5-7-17(8-6-16)15-23-9-11-24(12-10-23)20(25)22-19-4-2-3-18(13-19)14-21/h2-8,13H,9-12,15H2,1H3,(H,22,25). The monoisotopic (exact) mass is 334 g/mol. The molecule has 1 heterocycles. The summed E-state index contributed by atoms with van der Waals surface area (Å²) >= 11 is 0. The van der Waals surface area contributed by atoms with Gasteiger partial charge in [0.2, 0.25) is 0 Å². The Balaban J connectivity index is 1.50. The van der Waals surface area contributed by atoms with Crippen LogP contribution in [-0.4, -0.2) is 42.0 Å². The molecule has 0 unspecified atom stereocenters. The van der Waals surface area contributed by atoms with Crippen LogP contribution in [0.2, 0.25) is 0 Å². The number of benzene rings is 2. The van der Waals surface area contributed by atoms with Gasteiger partial charge in [-0.3, -0.25) is 4.90 Å². The Labute approximate surface area is 148 Å². The van der Waals surface area contributed by atoms with E-state index >= 15 is 0 Å². The van der Waals surface area contributed by atoms with Gasteiger partial charge in [0.25, 0.3) is 0 Å². The molecule has 128 valence electrons. The van der Waals surface area contributed by atoms with E-state index in [2.05, 4.69) is 47.5 Å². The Morgan fingerprint density at radius 2 is 1.84 bits per heavy atom. The number of nitriles is 1. The Morgan fingerprint density at radius 1 is 1.12 bits per heavy atom. The summed E-state index contributed by atoms with van der Waals surface area (Å²) in [4.78, 5) is 16.6. The van der Waals surface area contributed by atoms with Gasteiger partial charge < -0.3 is 10.2 Å². The minimum atomic E-state index is -0.106. The highest BCUT2D eigenvalue weighted by molar-refractivity contribution is 5.89. The first kappa shape index (κ1) is 17.0. The van der Waals surface area contributed by atoms with Crippen LogP contribution in [0.25, 0.3) is 0 Å². The van der Waals surface area contributed by atoms with Gasteiger partial charge in [-0.1, -0.05) is 35.9 Å². The highest BCUT2D eigenvalue weighted by atomic mass is 16.2. The fourth-order valence-electron chi connectivity index (χ4n) is 2.93. The van der Waals surface area contributed by atoms with Crippen molar-refractivity contribution in [1.82, 2.24) is 9.80 Å². The van der Waals surface area contributed by atoms with Crippen LogP contribution in [0.1, 0.15) is 16.7 Å². The molecule has 25 heavy (non-hydrogen) atoms. The van der Waals surface area contributed by atoms with Crippen LogP contribution in [0.3, 0.4) is 0 Å². The number of rotatable bonds is 3. The van der Waals surface area contributed by atoms with Gasteiger partial charge in [0.05, 0.1) is 11.6 Å². The summed E-state index contributed by atoms with van der Waals surface area (Å²) in [6.07, 6.45) is 0. The lowest BCUT2D eigenvalue weighted by atomic mass is 10.1. The third kappa shape index (κ3) is 4.59. The van der Waals surface area contributed by atoms with Gasteiger partial charge in [-0.15, -0.1) is 0 Å². The molecule has 2 aromatic rings. The topological polar surface area (TPSA) is 59.4 Å². The van der Waals surface area contributed by atoms with Crippen LogP contribution in [0, 0.1) is 18.3 Å². The number of hydrogen-bond acceptors (Lipinski definition) is 3. The molecule has 5 nitrogen and oxygen atoms in total. The number of piperazine rings is 1. The van der Waals surface area contributed by atoms with Gasteiger partial charge in [-0.2, -0.15) is 5.26 Å². The number of hydrogen-bond donors (Lipinski definition) is 1. The average Bonchev–Trinajstić information content (AvgIpc) is 2.64. The maximum Gasteiger partial charge on any atom is 0.321 e. The minimum Gasteiger partial charge on any atom is -0.322 e. The minimum absolute atomic E-state index is 0.106. The van der Waals surface area contributed by atoms with Crippen molar-refractivity contribution >= 4 is 11.7 Å². The smallest absolute Gasteiger partial charge is 0.321 e. The maximum atomic E-state index is 12.4. The first-order valence-corrected chi connectivity index (χ1v) is 8.48. The van der Waals surface area contributed by atoms with E-state index < -0.39 is 0 Å². The largest absolute Gasteiger partial charge is 0.322 e. The number of carbonyl (C=O) groups excluding carboxylic acids is 1. The molecule has 0 spiro atoms. The van der Waals surface area contributed by atoms with Crippen LogP contribution >= 0.6 is 0 Å². The van der Waals surface area contributed by atoms with Crippen LogP contribution in [-0.2, 0) is 6.54 Å². The molecule has 0 aliphatic carbocycles. The molecule has 0 aromatic heterocycles. The van der Waals surface area contributed by atoms with Crippen molar-refractivity contribution in [2.45, 2.75) is 13.5 Å². The van der Waals surface area contributed by atoms with E-state index in [0.717, 1.165) is 19.6 Å². The predicted octanol–water partition coefficient (Wildman–Crippen LogP) is 3.22.